The standard InChI is InChI=1S/C15H24N2O2/c1-4-5-6-7-8-11-14(18)19-13-10-9-12-16-15(13)17(2)3/h9-10,12H,4-8,11H2,1-3H3. The van der Waals surface area contributed by atoms with Gasteiger partial charge in [-0.2, -0.15) is 0 Å². The molecule has 0 aliphatic heterocycles. The quantitative estimate of drug-likeness (QED) is 0.533. The van der Waals surface area contributed by atoms with Crippen LogP contribution in [0.25, 0.3) is 0 Å². The van der Waals surface area contributed by atoms with E-state index in [1.54, 1.807) is 18.3 Å². The van der Waals surface area contributed by atoms with Crippen molar-refractivity contribution in [3.05, 3.63) is 18.3 Å². The largest absolute Gasteiger partial charge is 0.423 e. The minimum absolute atomic E-state index is 0.174. The molecule has 4 heteroatoms. The Morgan fingerprint density at radius 1 is 1.26 bits per heavy atom. The van der Waals surface area contributed by atoms with Crippen molar-refractivity contribution in [2.45, 2.75) is 45.4 Å². The minimum atomic E-state index is -0.174. The molecule has 0 saturated heterocycles. The first kappa shape index (κ1) is 15.5. The molecule has 0 aromatic carbocycles. The summed E-state index contributed by atoms with van der Waals surface area (Å²) < 4.78 is 5.37. The first-order chi connectivity index (χ1) is 9.15. The van der Waals surface area contributed by atoms with Gasteiger partial charge in [0.1, 0.15) is 0 Å². The number of ether oxygens (including phenoxy) is 1. The van der Waals surface area contributed by atoms with Crippen molar-refractivity contribution in [1.82, 2.24) is 4.98 Å². The molecule has 106 valence electrons. The van der Waals surface area contributed by atoms with E-state index in [0.29, 0.717) is 18.0 Å². The molecule has 0 spiro atoms. The summed E-state index contributed by atoms with van der Waals surface area (Å²) in [5.74, 6) is 1.04. The fourth-order valence-electron chi connectivity index (χ4n) is 1.84. The SMILES string of the molecule is CCCCCCCC(=O)Oc1cccnc1N(C)C. The number of rotatable bonds is 8. The number of carbonyl (C=O) groups excluding carboxylic acids is 1. The summed E-state index contributed by atoms with van der Waals surface area (Å²) in [7, 11) is 3.76. The number of carbonyl (C=O) groups is 1. The van der Waals surface area contributed by atoms with Crippen LogP contribution in [0.3, 0.4) is 0 Å². The molecule has 0 saturated carbocycles. The van der Waals surface area contributed by atoms with Crippen LogP contribution < -0.4 is 9.64 Å². The van der Waals surface area contributed by atoms with E-state index < -0.39 is 0 Å². The van der Waals surface area contributed by atoms with E-state index in [-0.39, 0.29) is 5.97 Å². The zero-order valence-electron chi connectivity index (χ0n) is 12.2. The van der Waals surface area contributed by atoms with Crippen molar-refractivity contribution in [2.24, 2.45) is 0 Å². The predicted octanol–water partition coefficient (Wildman–Crippen LogP) is 3.41. The zero-order chi connectivity index (χ0) is 14.1. The van der Waals surface area contributed by atoms with Gasteiger partial charge < -0.3 is 9.64 Å². The van der Waals surface area contributed by atoms with Crippen LogP contribution in [0.1, 0.15) is 45.4 Å². The van der Waals surface area contributed by atoms with Crippen LogP contribution in [0.4, 0.5) is 5.82 Å². The van der Waals surface area contributed by atoms with E-state index in [2.05, 4.69) is 11.9 Å². The second-order valence-corrected chi connectivity index (χ2v) is 4.86. The molecule has 0 bridgehead atoms. The molecule has 4 nitrogen and oxygen atoms in total. The Morgan fingerprint density at radius 3 is 2.68 bits per heavy atom. The summed E-state index contributed by atoms with van der Waals surface area (Å²) in [6, 6.07) is 3.55. The summed E-state index contributed by atoms with van der Waals surface area (Å²) in [6.07, 6.45) is 7.81. The summed E-state index contributed by atoms with van der Waals surface area (Å²) in [4.78, 5) is 17.8. The highest BCUT2D eigenvalue weighted by molar-refractivity contribution is 5.74. The second-order valence-electron chi connectivity index (χ2n) is 4.86. The molecular weight excluding hydrogens is 240 g/mol. The first-order valence-electron chi connectivity index (χ1n) is 6.98. The van der Waals surface area contributed by atoms with Gasteiger partial charge in [0.25, 0.3) is 0 Å². The number of unbranched alkanes of at least 4 members (excludes halogenated alkanes) is 4. The van der Waals surface area contributed by atoms with Crippen LogP contribution in [0.15, 0.2) is 18.3 Å². The van der Waals surface area contributed by atoms with Gasteiger partial charge in [-0.3, -0.25) is 4.79 Å². The maximum Gasteiger partial charge on any atom is 0.311 e. The third-order valence-corrected chi connectivity index (χ3v) is 2.88. The molecule has 1 heterocycles. The first-order valence-corrected chi connectivity index (χ1v) is 6.98. The molecule has 0 aliphatic carbocycles. The van der Waals surface area contributed by atoms with Gasteiger partial charge in [-0.15, -0.1) is 0 Å². The van der Waals surface area contributed by atoms with Gasteiger partial charge in [0.15, 0.2) is 11.6 Å². The number of hydrogen-bond donors (Lipinski definition) is 0. The molecule has 0 radical (unpaired) electrons. The van der Waals surface area contributed by atoms with Gasteiger partial charge in [0.2, 0.25) is 0 Å². The van der Waals surface area contributed by atoms with Crippen molar-refractivity contribution >= 4 is 11.8 Å². The number of anilines is 1. The molecule has 1 aromatic rings. The van der Waals surface area contributed by atoms with Crippen molar-refractivity contribution in [3.8, 4) is 5.75 Å². The lowest BCUT2D eigenvalue weighted by Crippen LogP contribution is -2.15. The number of pyridine rings is 1. The highest BCUT2D eigenvalue weighted by Crippen LogP contribution is 2.23. The summed E-state index contributed by atoms with van der Waals surface area (Å²) >= 11 is 0. The van der Waals surface area contributed by atoms with Gasteiger partial charge in [-0.05, 0) is 18.6 Å². The predicted molar refractivity (Wildman–Crippen MR) is 77.6 cm³/mol. The van der Waals surface area contributed by atoms with Crippen LogP contribution >= 0.6 is 0 Å². The second kappa shape index (κ2) is 8.51. The number of esters is 1. The highest BCUT2D eigenvalue weighted by Gasteiger charge is 2.11. The van der Waals surface area contributed by atoms with E-state index in [1.165, 1.54) is 19.3 Å². The smallest absolute Gasteiger partial charge is 0.311 e. The molecule has 0 fully saturated rings. The van der Waals surface area contributed by atoms with Crippen molar-refractivity contribution in [2.75, 3.05) is 19.0 Å². The van der Waals surface area contributed by atoms with Gasteiger partial charge >= 0.3 is 5.97 Å². The number of hydrogen-bond acceptors (Lipinski definition) is 4. The molecule has 0 aliphatic rings. The van der Waals surface area contributed by atoms with Gasteiger partial charge in [0.05, 0.1) is 0 Å². The van der Waals surface area contributed by atoms with E-state index >= 15 is 0 Å². The maximum atomic E-state index is 11.8. The van der Waals surface area contributed by atoms with Crippen molar-refractivity contribution in [1.29, 1.82) is 0 Å². The molecule has 1 aromatic heterocycles. The van der Waals surface area contributed by atoms with Crippen LogP contribution in [-0.4, -0.2) is 25.0 Å². The molecule has 19 heavy (non-hydrogen) atoms. The van der Waals surface area contributed by atoms with Gasteiger partial charge in [0, 0.05) is 26.7 Å². The number of aromatic nitrogens is 1. The van der Waals surface area contributed by atoms with Crippen LogP contribution in [-0.2, 0) is 4.79 Å². The Bertz CT molecular complexity index is 391. The van der Waals surface area contributed by atoms with E-state index in [1.807, 2.05) is 19.0 Å². The van der Waals surface area contributed by atoms with Gasteiger partial charge in [-0.1, -0.05) is 32.6 Å². The molecule has 0 N–H and O–H groups in total. The van der Waals surface area contributed by atoms with E-state index in [0.717, 1.165) is 12.8 Å². The van der Waals surface area contributed by atoms with Crippen molar-refractivity contribution < 1.29 is 9.53 Å². The Kier molecular flexibility index (Phi) is 6.93. The van der Waals surface area contributed by atoms with Crippen LogP contribution in [0.2, 0.25) is 0 Å². The van der Waals surface area contributed by atoms with Crippen LogP contribution in [0.5, 0.6) is 5.75 Å². The maximum absolute atomic E-state index is 11.8. The lowest BCUT2D eigenvalue weighted by Gasteiger charge is -2.15. The monoisotopic (exact) mass is 264 g/mol. The molecular formula is C15H24N2O2. The van der Waals surface area contributed by atoms with E-state index in [4.69, 9.17) is 4.74 Å². The summed E-state index contributed by atoms with van der Waals surface area (Å²) in [5, 5.41) is 0. The third-order valence-electron chi connectivity index (χ3n) is 2.88. The molecule has 0 amide bonds. The average Bonchev–Trinajstić information content (AvgIpc) is 2.39. The Hall–Kier alpha value is -1.58. The third kappa shape index (κ3) is 5.73. The van der Waals surface area contributed by atoms with Gasteiger partial charge in [-0.25, -0.2) is 4.98 Å². The molecule has 0 atom stereocenters. The highest BCUT2D eigenvalue weighted by atomic mass is 16.5. The molecule has 0 unspecified atom stereocenters. The lowest BCUT2D eigenvalue weighted by atomic mass is 10.1. The fraction of sp³-hybridized carbons (Fsp3) is 0.600. The average molecular weight is 264 g/mol. The lowest BCUT2D eigenvalue weighted by molar-refractivity contribution is -0.134. The Labute approximate surface area is 115 Å². The van der Waals surface area contributed by atoms with Crippen LogP contribution in [0, 0.1) is 0 Å². The van der Waals surface area contributed by atoms with E-state index in [9.17, 15) is 4.79 Å². The summed E-state index contributed by atoms with van der Waals surface area (Å²) in [5.41, 5.74) is 0. The molecule has 1 rings (SSSR count). The Balaban J connectivity index is 2.40. The fourth-order valence-corrected chi connectivity index (χ4v) is 1.84. The Morgan fingerprint density at radius 2 is 2.00 bits per heavy atom. The number of nitrogens with zero attached hydrogens (tertiary/aromatic N) is 2. The minimum Gasteiger partial charge on any atom is -0.423 e. The zero-order valence-corrected chi connectivity index (χ0v) is 12.2. The van der Waals surface area contributed by atoms with Crippen molar-refractivity contribution in [3.63, 3.8) is 0 Å². The topological polar surface area (TPSA) is 42.4 Å². The summed E-state index contributed by atoms with van der Waals surface area (Å²) in [6.45, 7) is 2.18. The normalized spacial score (nSPS) is 10.3.